The van der Waals surface area contributed by atoms with Gasteiger partial charge >= 0.3 is 0 Å². The lowest BCUT2D eigenvalue weighted by Gasteiger charge is -2.32. The van der Waals surface area contributed by atoms with Crippen LogP contribution in [-0.4, -0.2) is 47.7 Å². The van der Waals surface area contributed by atoms with E-state index in [4.69, 9.17) is 0 Å². The second kappa shape index (κ2) is 6.41. The molecule has 3 fully saturated rings. The third kappa shape index (κ3) is 2.56. The van der Waals surface area contributed by atoms with Crippen molar-refractivity contribution in [3.63, 3.8) is 0 Å². The predicted molar refractivity (Wildman–Crippen MR) is 94.9 cm³/mol. The lowest BCUT2D eigenvalue weighted by atomic mass is 9.77. The molecule has 1 unspecified atom stereocenters. The molecular formula is C20H19F2N3O4. The number of amides is 4. The molecule has 1 saturated carbocycles. The normalized spacial score (nSPS) is 31.3. The van der Waals surface area contributed by atoms with Gasteiger partial charge in [0.1, 0.15) is 6.04 Å². The predicted octanol–water partition coefficient (Wildman–Crippen LogP) is 1.08. The number of carbonyl (C=O) groups is 4. The first-order valence-corrected chi connectivity index (χ1v) is 9.82. The highest BCUT2D eigenvalue weighted by molar-refractivity contribution is 6.24. The van der Waals surface area contributed by atoms with E-state index < -0.39 is 41.3 Å². The van der Waals surface area contributed by atoms with Crippen LogP contribution in [0.2, 0.25) is 0 Å². The van der Waals surface area contributed by atoms with Crippen molar-refractivity contribution < 1.29 is 28.0 Å². The fraction of sp³-hybridized carbons (Fsp3) is 0.500. The van der Waals surface area contributed by atoms with Crippen LogP contribution in [0.3, 0.4) is 0 Å². The van der Waals surface area contributed by atoms with E-state index >= 15 is 4.39 Å². The topological polar surface area (TPSA) is 95.6 Å². The maximum absolute atomic E-state index is 15.0. The van der Waals surface area contributed by atoms with Crippen molar-refractivity contribution in [1.29, 1.82) is 0 Å². The van der Waals surface area contributed by atoms with Crippen molar-refractivity contribution >= 4 is 23.6 Å². The molecule has 1 aliphatic carbocycles. The van der Waals surface area contributed by atoms with Crippen molar-refractivity contribution in [1.82, 2.24) is 15.5 Å². The Hall–Kier alpha value is -2.68. The minimum atomic E-state index is -1.16. The maximum atomic E-state index is 15.0. The fourth-order valence-corrected chi connectivity index (χ4v) is 5.47. The van der Waals surface area contributed by atoms with Crippen LogP contribution in [0.15, 0.2) is 6.07 Å². The van der Waals surface area contributed by atoms with Crippen LogP contribution in [0.25, 0.3) is 0 Å². The summed E-state index contributed by atoms with van der Waals surface area (Å²) < 4.78 is 29.5. The number of benzene rings is 1. The van der Waals surface area contributed by atoms with Gasteiger partial charge in [-0.25, -0.2) is 8.78 Å². The van der Waals surface area contributed by atoms with Gasteiger partial charge in [0, 0.05) is 12.0 Å². The molecule has 4 atom stereocenters. The van der Waals surface area contributed by atoms with Gasteiger partial charge < -0.3 is 5.32 Å². The summed E-state index contributed by atoms with van der Waals surface area (Å²) in [7, 11) is 0. The molecule has 0 radical (unpaired) electrons. The second-order valence-electron chi connectivity index (χ2n) is 8.24. The highest BCUT2D eigenvalue weighted by Crippen LogP contribution is 2.49. The Morgan fingerprint density at radius 2 is 1.66 bits per heavy atom. The molecule has 5 rings (SSSR count). The average Bonchev–Trinajstić information content (AvgIpc) is 3.05. The van der Waals surface area contributed by atoms with Gasteiger partial charge in [-0.3, -0.25) is 29.4 Å². The number of fused-ring (bicyclic) bond motifs is 3. The number of carbonyl (C=O) groups excluding carboxylic acids is 4. The quantitative estimate of drug-likeness (QED) is 0.721. The summed E-state index contributed by atoms with van der Waals surface area (Å²) in [5.74, 6) is -5.32. The summed E-state index contributed by atoms with van der Waals surface area (Å²) in [4.78, 5) is 50.6. The summed E-state index contributed by atoms with van der Waals surface area (Å²) in [5, 5.41) is 5.39. The molecule has 29 heavy (non-hydrogen) atoms. The maximum Gasteiger partial charge on any atom is 0.262 e. The first kappa shape index (κ1) is 18.4. The Morgan fingerprint density at radius 3 is 2.31 bits per heavy atom. The number of imide groups is 2. The van der Waals surface area contributed by atoms with Crippen LogP contribution in [0.5, 0.6) is 0 Å². The molecule has 1 aromatic rings. The molecule has 2 saturated heterocycles. The molecule has 2 N–H and O–H groups in total. The van der Waals surface area contributed by atoms with Crippen LogP contribution >= 0.6 is 0 Å². The summed E-state index contributed by atoms with van der Waals surface area (Å²) in [5.41, 5.74) is -0.351. The monoisotopic (exact) mass is 403 g/mol. The first-order chi connectivity index (χ1) is 13.9. The molecule has 3 heterocycles. The molecule has 0 spiro atoms. The fourth-order valence-electron chi connectivity index (χ4n) is 5.47. The number of piperidine rings is 2. The Bertz CT molecular complexity index is 963. The van der Waals surface area contributed by atoms with Gasteiger partial charge in [-0.2, -0.15) is 0 Å². The number of halogens is 2. The van der Waals surface area contributed by atoms with Crippen molar-refractivity contribution in [3.05, 3.63) is 34.4 Å². The highest BCUT2D eigenvalue weighted by atomic mass is 19.2. The summed E-state index contributed by atoms with van der Waals surface area (Å²) >= 11 is 0. The van der Waals surface area contributed by atoms with E-state index in [9.17, 15) is 23.6 Å². The van der Waals surface area contributed by atoms with Crippen molar-refractivity contribution in [2.24, 2.45) is 11.8 Å². The van der Waals surface area contributed by atoms with Crippen LogP contribution < -0.4 is 10.6 Å². The van der Waals surface area contributed by atoms with E-state index in [1.54, 1.807) is 0 Å². The molecular weight excluding hydrogens is 384 g/mol. The van der Waals surface area contributed by atoms with Gasteiger partial charge in [0.2, 0.25) is 11.8 Å². The van der Waals surface area contributed by atoms with Crippen LogP contribution in [0.4, 0.5) is 8.78 Å². The average molecular weight is 403 g/mol. The van der Waals surface area contributed by atoms with Gasteiger partial charge in [-0.1, -0.05) is 0 Å². The van der Waals surface area contributed by atoms with Crippen molar-refractivity contribution in [2.75, 3.05) is 13.1 Å². The Labute approximate surface area is 164 Å². The van der Waals surface area contributed by atoms with Crippen molar-refractivity contribution in [2.45, 2.75) is 37.6 Å². The van der Waals surface area contributed by atoms with E-state index in [-0.39, 0.29) is 47.3 Å². The van der Waals surface area contributed by atoms with Gasteiger partial charge in [0.25, 0.3) is 11.8 Å². The molecule has 4 aliphatic rings. The zero-order chi connectivity index (χ0) is 20.4. The van der Waals surface area contributed by atoms with E-state index in [2.05, 4.69) is 10.6 Å². The number of hydrogen-bond donors (Lipinski definition) is 2. The Morgan fingerprint density at radius 1 is 0.966 bits per heavy atom. The number of rotatable bonds is 2. The summed E-state index contributed by atoms with van der Waals surface area (Å²) in [6.45, 7) is 1.29. The molecule has 152 valence electrons. The van der Waals surface area contributed by atoms with Gasteiger partial charge in [0.05, 0.1) is 11.1 Å². The zero-order valence-electron chi connectivity index (χ0n) is 15.5. The molecule has 3 aliphatic heterocycles. The second-order valence-corrected chi connectivity index (χ2v) is 8.24. The van der Waals surface area contributed by atoms with Crippen LogP contribution in [0, 0.1) is 23.5 Å². The van der Waals surface area contributed by atoms with Crippen molar-refractivity contribution in [3.8, 4) is 0 Å². The minimum Gasteiger partial charge on any atom is -0.316 e. The van der Waals surface area contributed by atoms with E-state index in [1.807, 2.05) is 0 Å². The first-order valence-electron chi connectivity index (χ1n) is 9.82. The van der Waals surface area contributed by atoms with Gasteiger partial charge in [-0.15, -0.1) is 0 Å². The Kier molecular flexibility index (Phi) is 4.06. The highest BCUT2D eigenvalue weighted by Gasteiger charge is 2.50. The number of nitrogens with one attached hydrogen (secondary N) is 2. The summed E-state index contributed by atoms with van der Waals surface area (Å²) in [6, 6.07) is -0.410. The smallest absolute Gasteiger partial charge is 0.262 e. The third-order valence-electron chi connectivity index (χ3n) is 6.73. The van der Waals surface area contributed by atoms with Crippen LogP contribution in [0.1, 0.15) is 57.9 Å². The molecule has 9 heteroatoms. The van der Waals surface area contributed by atoms with E-state index in [0.29, 0.717) is 13.1 Å². The van der Waals surface area contributed by atoms with E-state index in [1.165, 1.54) is 0 Å². The molecule has 4 amide bonds. The van der Waals surface area contributed by atoms with E-state index in [0.717, 1.165) is 23.8 Å². The number of nitrogens with zero attached hydrogens (tertiary/aromatic N) is 1. The molecule has 7 nitrogen and oxygen atoms in total. The standard InChI is InChI=1S/C20H19F2N3O4/c21-11-5-10-15(16(17(11)22)14-8-1-2-9(14)7-23-6-8)20(29)25(19(10)28)12-3-4-13(26)24-18(12)27/h5,8-9,12,14,23H,1-4,6-7H2,(H,24,26,27)/t8-,9+,12?,14-. The van der Waals surface area contributed by atoms with Gasteiger partial charge in [-0.05, 0) is 56.2 Å². The lowest BCUT2D eigenvalue weighted by molar-refractivity contribution is -0.136. The SMILES string of the molecule is O=C1CCC(N2C(=O)c3cc(F)c(F)c([C@@H]4[C@@H]5CC[C@H]4CNC5)c3C2=O)C(=O)N1. The molecule has 0 aromatic heterocycles. The zero-order valence-corrected chi connectivity index (χ0v) is 15.5. The number of hydrogen-bond acceptors (Lipinski definition) is 5. The minimum absolute atomic E-state index is 0.00493. The van der Waals surface area contributed by atoms with Gasteiger partial charge in [0.15, 0.2) is 11.6 Å². The molecule has 1 aromatic carbocycles. The Balaban J connectivity index is 1.62. The molecule has 2 bridgehead atoms. The van der Waals surface area contributed by atoms with Crippen LogP contribution in [-0.2, 0) is 9.59 Å². The largest absolute Gasteiger partial charge is 0.316 e. The third-order valence-corrected chi connectivity index (χ3v) is 6.73. The lowest BCUT2D eigenvalue weighted by Crippen LogP contribution is -2.54. The summed E-state index contributed by atoms with van der Waals surface area (Å²) in [6.07, 6.45) is 1.66.